The van der Waals surface area contributed by atoms with E-state index in [0.29, 0.717) is 6.61 Å². The minimum atomic E-state index is -0.256. The third kappa shape index (κ3) is 3.27. The van der Waals surface area contributed by atoms with Gasteiger partial charge in [-0.25, -0.2) is 0 Å². The first-order valence-electron chi connectivity index (χ1n) is 5.03. The lowest BCUT2D eigenvalue weighted by atomic mass is 10.0. The fourth-order valence-corrected chi connectivity index (χ4v) is 1.64. The zero-order chi connectivity index (χ0) is 10.6. The number of hydrogen-bond acceptors (Lipinski definition) is 4. The second kappa shape index (κ2) is 5.32. The second-order valence-electron chi connectivity index (χ2n) is 3.84. The lowest BCUT2D eigenvalue weighted by Gasteiger charge is -2.19. The molecule has 0 amide bonds. The maximum Gasteiger partial charge on any atom is 0.302 e. The third-order valence-electron chi connectivity index (χ3n) is 2.53. The van der Waals surface area contributed by atoms with Crippen LogP contribution in [0.15, 0.2) is 0 Å². The highest BCUT2D eigenvalue weighted by Crippen LogP contribution is 2.25. The Kier molecular flexibility index (Phi) is 4.35. The van der Waals surface area contributed by atoms with E-state index in [-0.39, 0.29) is 30.7 Å². The van der Waals surface area contributed by atoms with Gasteiger partial charge in [0.1, 0.15) is 0 Å². The summed E-state index contributed by atoms with van der Waals surface area (Å²) in [7, 11) is 0. The van der Waals surface area contributed by atoms with Gasteiger partial charge in [-0.3, -0.25) is 4.79 Å². The minimum Gasteiger partial charge on any atom is -0.465 e. The molecule has 3 atom stereocenters. The molecule has 82 valence electrons. The fourth-order valence-electron chi connectivity index (χ4n) is 1.64. The first-order valence-corrected chi connectivity index (χ1v) is 5.03. The summed E-state index contributed by atoms with van der Waals surface area (Å²) < 4.78 is 10.5. The number of rotatable bonds is 4. The molecule has 4 heteroatoms. The summed E-state index contributed by atoms with van der Waals surface area (Å²) in [6.45, 7) is 3.88. The number of ether oxygens (including phenoxy) is 2. The Morgan fingerprint density at radius 1 is 1.64 bits per heavy atom. The van der Waals surface area contributed by atoms with Crippen molar-refractivity contribution in [2.75, 3.05) is 13.2 Å². The van der Waals surface area contributed by atoms with Crippen LogP contribution in [0, 0.1) is 5.92 Å². The molecule has 1 fully saturated rings. The van der Waals surface area contributed by atoms with Crippen molar-refractivity contribution >= 4 is 5.97 Å². The van der Waals surface area contributed by atoms with Crippen molar-refractivity contribution in [3.05, 3.63) is 0 Å². The van der Waals surface area contributed by atoms with Gasteiger partial charge in [0.25, 0.3) is 0 Å². The highest BCUT2D eigenvalue weighted by atomic mass is 16.5. The van der Waals surface area contributed by atoms with Crippen LogP contribution in [0.25, 0.3) is 0 Å². The van der Waals surface area contributed by atoms with Crippen molar-refractivity contribution in [2.24, 2.45) is 5.92 Å². The maximum atomic E-state index is 10.6. The molecule has 0 spiro atoms. The van der Waals surface area contributed by atoms with Crippen LogP contribution in [0.5, 0.6) is 0 Å². The molecule has 0 bridgehead atoms. The number of carbonyl (C=O) groups excluding carboxylic acids is 1. The SMILES string of the molecule is CC(=O)OC[C@H](C)[C@@H]1CC[C@H](CO)O1. The molecule has 1 saturated heterocycles. The summed E-state index contributed by atoms with van der Waals surface area (Å²) >= 11 is 0. The van der Waals surface area contributed by atoms with Gasteiger partial charge in [-0.1, -0.05) is 6.92 Å². The van der Waals surface area contributed by atoms with E-state index in [0.717, 1.165) is 12.8 Å². The van der Waals surface area contributed by atoms with Crippen LogP contribution >= 0.6 is 0 Å². The molecule has 1 rings (SSSR count). The van der Waals surface area contributed by atoms with Gasteiger partial charge in [-0.15, -0.1) is 0 Å². The van der Waals surface area contributed by atoms with E-state index in [1.807, 2.05) is 6.92 Å². The number of aliphatic hydroxyl groups excluding tert-OH is 1. The Morgan fingerprint density at radius 2 is 2.36 bits per heavy atom. The zero-order valence-corrected chi connectivity index (χ0v) is 8.73. The van der Waals surface area contributed by atoms with Gasteiger partial charge in [-0.05, 0) is 12.8 Å². The first kappa shape index (κ1) is 11.5. The van der Waals surface area contributed by atoms with Crippen LogP contribution in [0.1, 0.15) is 26.7 Å². The van der Waals surface area contributed by atoms with E-state index in [2.05, 4.69) is 0 Å². The molecule has 14 heavy (non-hydrogen) atoms. The second-order valence-corrected chi connectivity index (χ2v) is 3.84. The number of esters is 1. The molecule has 1 N–H and O–H groups in total. The van der Waals surface area contributed by atoms with Gasteiger partial charge in [-0.2, -0.15) is 0 Å². The topological polar surface area (TPSA) is 55.8 Å². The Morgan fingerprint density at radius 3 is 2.86 bits per heavy atom. The Hall–Kier alpha value is -0.610. The molecule has 1 aliphatic rings. The van der Waals surface area contributed by atoms with Gasteiger partial charge in [0, 0.05) is 12.8 Å². The average molecular weight is 202 g/mol. The van der Waals surface area contributed by atoms with Crippen molar-refractivity contribution in [1.82, 2.24) is 0 Å². The van der Waals surface area contributed by atoms with Crippen LogP contribution in [0.2, 0.25) is 0 Å². The number of hydrogen-bond donors (Lipinski definition) is 1. The van der Waals surface area contributed by atoms with Crippen LogP contribution in [-0.4, -0.2) is 36.5 Å². The zero-order valence-electron chi connectivity index (χ0n) is 8.73. The standard InChI is InChI=1S/C10H18O4/c1-7(6-13-8(2)12)10-4-3-9(5-11)14-10/h7,9-11H,3-6H2,1-2H3/t7-,9+,10-/m0/s1. The molecule has 0 aromatic rings. The molecule has 1 aliphatic heterocycles. The lowest BCUT2D eigenvalue weighted by molar-refractivity contribution is -0.143. The van der Waals surface area contributed by atoms with Gasteiger partial charge < -0.3 is 14.6 Å². The predicted octanol–water partition coefficient (Wildman–Crippen LogP) is 0.726. The monoisotopic (exact) mass is 202 g/mol. The smallest absolute Gasteiger partial charge is 0.302 e. The molecule has 0 aromatic heterocycles. The lowest BCUT2D eigenvalue weighted by Crippen LogP contribution is -2.24. The Balaban J connectivity index is 2.24. The van der Waals surface area contributed by atoms with Crippen molar-refractivity contribution in [1.29, 1.82) is 0 Å². The Labute approximate surface area is 84.2 Å². The normalized spacial score (nSPS) is 28.8. The molecular weight excluding hydrogens is 184 g/mol. The molecule has 0 unspecified atom stereocenters. The number of aliphatic hydroxyl groups is 1. The van der Waals surface area contributed by atoms with Crippen molar-refractivity contribution in [2.45, 2.75) is 38.9 Å². The van der Waals surface area contributed by atoms with Crippen molar-refractivity contribution in [3.8, 4) is 0 Å². The van der Waals surface area contributed by atoms with Gasteiger partial charge in [0.15, 0.2) is 0 Å². The van der Waals surface area contributed by atoms with Crippen molar-refractivity contribution in [3.63, 3.8) is 0 Å². The summed E-state index contributed by atoms with van der Waals surface area (Å²) in [5, 5.41) is 8.87. The largest absolute Gasteiger partial charge is 0.465 e. The van der Waals surface area contributed by atoms with E-state index in [4.69, 9.17) is 14.6 Å². The molecule has 0 saturated carbocycles. The summed E-state index contributed by atoms with van der Waals surface area (Å²) in [5.41, 5.74) is 0. The summed E-state index contributed by atoms with van der Waals surface area (Å²) in [5.74, 6) is -0.0518. The van der Waals surface area contributed by atoms with E-state index in [1.165, 1.54) is 6.92 Å². The highest BCUT2D eigenvalue weighted by molar-refractivity contribution is 5.65. The van der Waals surface area contributed by atoms with Gasteiger partial charge in [0.2, 0.25) is 0 Å². The molecule has 0 radical (unpaired) electrons. The van der Waals surface area contributed by atoms with Crippen LogP contribution in [0.3, 0.4) is 0 Å². The van der Waals surface area contributed by atoms with E-state index < -0.39 is 0 Å². The predicted molar refractivity (Wildman–Crippen MR) is 50.8 cm³/mol. The van der Waals surface area contributed by atoms with E-state index in [9.17, 15) is 4.79 Å². The number of carbonyl (C=O) groups is 1. The molecule has 0 aromatic carbocycles. The molecule has 4 nitrogen and oxygen atoms in total. The van der Waals surface area contributed by atoms with Gasteiger partial charge >= 0.3 is 5.97 Å². The summed E-state index contributed by atoms with van der Waals surface area (Å²) in [6.07, 6.45) is 1.92. The fraction of sp³-hybridized carbons (Fsp3) is 0.900. The molecular formula is C10H18O4. The van der Waals surface area contributed by atoms with E-state index in [1.54, 1.807) is 0 Å². The van der Waals surface area contributed by atoms with Crippen LogP contribution in [-0.2, 0) is 14.3 Å². The first-order chi connectivity index (χ1) is 6.63. The van der Waals surface area contributed by atoms with Crippen molar-refractivity contribution < 1.29 is 19.4 Å². The van der Waals surface area contributed by atoms with Gasteiger partial charge in [0.05, 0.1) is 25.4 Å². The summed E-state index contributed by atoms with van der Waals surface area (Å²) in [4.78, 5) is 10.6. The molecule has 1 heterocycles. The molecule has 0 aliphatic carbocycles. The quantitative estimate of drug-likeness (QED) is 0.683. The Bertz CT molecular complexity index is 193. The van der Waals surface area contributed by atoms with Crippen LogP contribution < -0.4 is 0 Å². The minimum absolute atomic E-state index is 0.0280. The third-order valence-corrected chi connectivity index (χ3v) is 2.53. The van der Waals surface area contributed by atoms with E-state index >= 15 is 0 Å². The average Bonchev–Trinajstić information content (AvgIpc) is 2.62. The van der Waals surface area contributed by atoms with Crippen LogP contribution in [0.4, 0.5) is 0 Å². The highest BCUT2D eigenvalue weighted by Gasteiger charge is 2.29. The maximum absolute atomic E-state index is 10.6. The summed E-state index contributed by atoms with van der Waals surface area (Å²) in [6, 6.07) is 0.